The van der Waals surface area contributed by atoms with Gasteiger partial charge in [-0.2, -0.15) is 13.2 Å². The number of halogens is 4. The Bertz CT molecular complexity index is 1390. The van der Waals surface area contributed by atoms with Crippen LogP contribution in [-0.2, 0) is 15.9 Å². The van der Waals surface area contributed by atoms with Crippen molar-refractivity contribution < 1.29 is 26.9 Å². The molecule has 2 N–H and O–H groups in total. The summed E-state index contributed by atoms with van der Waals surface area (Å²) in [6.07, 6.45) is -3.65. The Morgan fingerprint density at radius 2 is 1.76 bits per heavy atom. The molecule has 1 atom stereocenters. The van der Waals surface area contributed by atoms with E-state index < -0.39 is 44.5 Å². The fraction of sp³-hybridized carbons (Fsp3) is 0.227. The number of carbonyl (C=O) groups excluding carboxylic acids is 1. The molecule has 1 amide bonds. The maximum Gasteiger partial charge on any atom is 0.435 e. The molecule has 12 heteroatoms. The van der Waals surface area contributed by atoms with Crippen LogP contribution in [0.15, 0.2) is 41.3 Å². The molecule has 3 rings (SSSR count). The molecule has 1 aromatic heterocycles. The van der Waals surface area contributed by atoms with Gasteiger partial charge < -0.3 is 10.1 Å². The zero-order valence-corrected chi connectivity index (χ0v) is 20.1. The first-order valence-corrected chi connectivity index (χ1v) is 12.1. The van der Waals surface area contributed by atoms with Gasteiger partial charge in [0.05, 0.1) is 14.8 Å². The molecular weight excluding hydrogens is 493 g/mol. The molecule has 0 aliphatic rings. The van der Waals surface area contributed by atoms with E-state index in [9.17, 15) is 22.2 Å². The molecule has 0 aliphatic heterocycles. The summed E-state index contributed by atoms with van der Waals surface area (Å²) in [5.41, 5.74) is -0.530. The first-order valence-electron chi connectivity index (χ1n) is 9.72. The van der Waals surface area contributed by atoms with Gasteiger partial charge in [0.2, 0.25) is 0 Å². The average molecular weight is 513 g/mol. The predicted molar refractivity (Wildman–Crippen MR) is 122 cm³/mol. The lowest BCUT2D eigenvalue weighted by molar-refractivity contribution is -0.142. The maximum absolute atomic E-state index is 13.5. The van der Waals surface area contributed by atoms with Crippen LogP contribution >= 0.6 is 11.6 Å². The molecule has 0 aliphatic carbocycles. The number of hydrogen-bond acceptors (Lipinski definition) is 6. The third-order valence-electron chi connectivity index (χ3n) is 4.98. The van der Waals surface area contributed by atoms with Crippen LogP contribution in [0, 0.1) is 25.6 Å². The highest BCUT2D eigenvalue weighted by Gasteiger charge is 2.38. The minimum Gasteiger partial charge on any atom is -0.435 e. The molecular formula is C22H20ClF3N4O3S. The molecule has 0 saturated carbocycles. The number of hydrogen-bond donors (Lipinski definition) is 2. The number of amides is 1. The molecule has 3 aromatic rings. The van der Waals surface area contributed by atoms with E-state index in [1.54, 1.807) is 19.1 Å². The summed E-state index contributed by atoms with van der Waals surface area (Å²) in [6.45, 7) is 4.70. The fourth-order valence-electron chi connectivity index (χ4n) is 3.05. The summed E-state index contributed by atoms with van der Waals surface area (Å²) in [4.78, 5) is 13.3. The molecule has 1 heterocycles. The number of ether oxygens (including phenoxy) is 1. The number of rotatable bonds is 5. The minimum absolute atomic E-state index is 0.0919. The van der Waals surface area contributed by atoms with Crippen LogP contribution in [0.5, 0.6) is 11.6 Å². The first-order chi connectivity index (χ1) is 15.7. The van der Waals surface area contributed by atoms with E-state index in [1.807, 2.05) is 6.92 Å². The highest BCUT2D eigenvalue weighted by molar-refractivity contribution is 7.91. The monoisotopic (exact) mass is 512 g/mol. The summed E-state index contributed by atoms with van der Waals surface area (Å²) < 4.78 is 65.8. The molecule has 0 spiro atoms. The van der Waals surface area contributed by atoms with Crippen molar-refractivity contribution in [2.45, 2.75) is 31.8 Å². The van der Waals surface area contributed by atoms with Crippen LogP contribution in [0.4, 0.5) is 18.9 Å². The third kappa shape index (κ3) is 5.48. The average Bonchev–Trinajstić information content (AvgIpc) is 2.70. The number of nitrogens with one attached hydrogen (secondary N) is 2. The molecule has 0 fully saturated rings. The number of anilines is 1. The molecule has 7 nitrogen and oxygen atoms in total. The Morgan fingerprint density at radius 3 is 2.38 bits per heavy atom. The van der Waals surface area contributed by atoms with E-state index in [0.717, 1.165) is 18.1 Å². The zero-order chi connectivity index (χ0) is 25.4. The van der Waals surface area contributed by atoms with Crippen molar-refractivity contribution in [3.05, 3.63) is 69.4 Å². The molecule has 0 saturated heterocycles. The van der Waals surface area contributed by atoms with Gasteiger partial charge in [0.1, 0.15) is 11.3 Å². The second-order valence-corrected chi connectivity index (χ2v) is 10.2. The second-order valence-electron chi connectivity index (χ2n) is 7.65. The lowest BCUT2D eigenvalue weighted by Crippen LogP contribution is -2.21. The number of nitrogens with zero attached hydrogens (tertiary/aromatic N) is 2. The summed E-state index contributed by atoms with van der Waals surface area (Å²) in [5, 5.41) is 9.38. The number of aromatic nitrogens is 2. The van der Waals surface area contributed by atoms with Crippen molar-refractivity contribution in [3.8, 4) is 11.6 Å². The van der Waals surface area contributed by atoms with Gasteiger partial charge in [0.25, 0.3) is 11.8 Å². The van der Waals surface area contributed by atoms with Crippen LogP contribution in [0.2, 0.25) is 5.02 Å². The first kappa shape index (κ1) is 25.4. The van der Waals surface area contributed by atoms with Gasteiger partial charge in [-0.05, 0) is 67.8 Å². The Balaban J connectivity index is 2.10. The van der Waals surface area contributed by atoms with Gasteiger partial charge in [-0.25, -0.2) is 8.99 Å². The van der Waals surface area contributed by atoms with Gasteiger partial charge in [-0.15, -0.1) is 10.2 Å². The van der Waals surface area contributed by atoms with E-state index in [-0.39, 0.29) is 21.4 Å². The maximum atomic E-state index is 13.5. The Labute approximate surface area is 199 Å². The summed E-state index contributed by atoms with van der Waals surface area (Å²) >= 11 is 6.22. The van der Waals surface area contributed by atoms with Gasteiger partial charge in [0.15, 0.2) is 5.69 Å². The number of aryl methyl sites for hydroxylation is 2. The largest absolute Gasteiger partial charge is 0.435 e. The van der Waals surface area contributed by atoms with Crippen LogP contribution in [-0.4, -0.2) is 26.6 Å². The number of benzene rings is 2. The van der Waals surface area contributed by atoms with E-state index in [4.69, 9.17) is 21.1 Å². The standard InChI is InChI=1S/C22H20ClF3N4O3S/c1-11-8-16(23)17(9-12(11)2)33-21-18(13(3)19(29-30-21)22(24,25)26)20(31)28-14-6-5-7-15(10-14)34(4,27)32/h5-10,27H,1-4H3,(H,28,31). The SMILES string of the molecule is Cc1cc(Cl)c(Oc2nnc(C(F)(F)F)c(C)c2C(=O)Nc2cccc(S(C)(=N)=O)c2)cc1C. The van der Waals surface area contributed by atoms with Crippen LogP contribution in [0.1, 0.15) is 32.7 Å². The van der Waals surface area contributed by atoms with E-state index in [2.05, 4.69) is 15.5 Å². The van der Waals surface area contributed by atoms with Gasteiger partial charge >= 0.3 is 6.18 Å². The highest BCUT2D eigenvalue weighted by atomic mass is 35.5. The fourth-order valence-corrected chi connectivity index (χ4v) is 4.00. The zero-order valence-electron chi connectivity index (χ0n) is 18.5. The lowest BCUT2D eigenvalue weighted by Gasteiger charge is -2.17. The second kappa shape index (κ2) is 9.22. The Morgan fingerprint density at radius 1 is 1.12 bits per heavy atom. The van der Waals surface area contributed by atoms with Gasteiger partial charge in [-0.1, -0.05) is 17.7 Å². The van der Waals surface area contributed by atoms with Crippen molar-refractivity contribution in [2.75, 3.05) is 11.6 Å². The van der Waals surface area contributed by atoms with Crippen LogP contribution < -0.4 is 10.1 Å². The summed E-state index contributed by atoms with van der Waals surface area (Å²) in [6, 6.07) is 8.86. The van der Waals surface area contributed by atoms with Gasteiger partial charge in [-0.3, -0.25) is 4.79 Å². The van der Waals surface area contributed by atoms with Crippen LogP contribution in [0.25, 0.3) is 0 Å². The Kier molecular flexibility index (Phi) is 6.90. The van der Waals surface area contributed by atoms with E-state index in [0.29, 0.717) is 0 Å². The van der Waals surface area contributed by atoms with Gasteiger partial charge in [0, 0.05) is 16.8 Å². The number of alkyl halides is 3. The highest BCUT2D eigenvalue weighted by Crippen LogP contribution is 2.37. The van der Waals surface area contributed by atoms with Crippen molar-refractivity contribution in [1.29, 1.82) is 4.78 Å². The van der Waals surface area contributed by atoms with Crippen molar-refractivity contribution >= 4 is 32.9 Å². The molecule has 2 aromatic carbocycles. The summed E-state index contributed by atoms with van der Waals surface area (Å²) in [7, 11) is -3.08. The predicted octanol–water partition coefficient (Wildman–Crippen LogP) is 6.15. The molecule has 180 valence electrons. The van der Waals surface area contributed by atoms with Crippen molar-refractivity contribution in [2.24, 2.45) is 0 Å². The lowest BCUT2D eigenvalue weighted by atomic mass is 10.1. The normalized spacial score (nSPS) is 13.3. The van der Waals surface area contributed by atoms with E-state index in [1.165, 1.54) is 30.5 Å². The molecule has 1 unspecified atom stereocenters. The summed E-state index contributed by atoms with van der Waals surface area (Å²) in [5.74, 6) is -1.34. The molecule has 0 radical (unpaired) electrons. The smallest absolute Gasteiger partial charge is 0.435 e. The molecule has 34 heavy (non-hydrogen) atoms. The quantitative estimate of drug-likeness (QED) is 0.426. The third-order valence-corrected chi connectivity index (χ3v) is 6.43. The molecule has 0 bridgehead atoms. The Hall–Kier alpha value is -3.18. The minimum atomic E-state index is -4.86. The van der Waals surface area contributed by atoms with Crippen LogP contribution in [0.3, 0.4) is 0 Å². The van der Waals surface area contributed by atoms with E-state index >= 15 is 0 Å². The van der Waals surface area contributed by atoms with Crippen molar-refractivity contribution in [1.82, 2.24) is 10.2 Å². The van der Waals surface area contributed by atoms with Crippen molar-refractivity contribution in [3.63, 3.8) is 0 Å². The number of carbonyl (C=O) groups is 1. The topological polar surface area (TPSA) is 105 Å².